The van der Waals surface area contributed by atoms with Gasteiger partial charge < -0.3 is 19.7 Å². The second kappa shape index (κ2) is 10.1. The van der Waals surface area contributed by atoms with Gasteiger partial charge in [0.1, 0.15) is 5.75 Å². The molecule has 34 heavy (non-hydrogen) atoms. The van der Waals surface area contributed by atoms with E-state index in [0.717, 1.165) is 23.9 Å². The van der Waals surface area contributed by atoms with E-state index in [9.17, 15) is 18.0 Å². The molecular formula is C23H28N4O6S. The molecule has 4 rings (SSSR count). The van der Waals surface area contributed by atoms with E-state index < -0.39 is 10.0 Å². The Morgan fingerprint density at radius 3 is 2.44 bits per heavy atom. The molecule has 1 N–H and O–H groups in total. The van der Waals surface area contributed by atoms with Crippen LogP contribution < -0.4 is 15.0 Å². The molecule has 1 fully saturated rings. The minimum absolute atomic E-state index is 0.0602. The number of morpholine rings is 1. The van der Waals surface area contributed by atoms with E-state index >= 15 is 0 Å². The highest BCUT2D eigenvalue weighted by Crippen LogP contribution is 2.34. The second-order valence-corrected chi connectivity index (χ2v) is 10.4. The Morgan fingerprint density at radius 1 is 1.06 bits per heavy atom. The first-order valence-electron chi connectivity index (χ1n) is 11.0. The summed E-state index contributed by atoms with van der Waals surface area (Å²) in [7, 11) is -0.667. The molecule has 0 bridgehead atoms. The van der Waals surface area contributed by atoms with E-state index in [1.54, 1.807) is 23.1 Å². The van der Waals surface area contributed by atoms with Gasteiger partial charge in [-0.1, -0.05) is 0 Å². The molecule has 2 amide bonds. The van der Waals surface area contributed by atoms with Gasteiger partial charge >= 0.3 is 0 Å². The molecule has 0 spiro atoms. The fraction of sp³-hybridized carbons (Fsp3) is 0.391. The van der Waals surface area contributed by atoms with Crippen LogP contribution in [0.5, 0.6) is 5.75 Å². The molecule has 2 aromatic carbocycles. The Balaban J connectivity index is 1.44. The third-order valence-electron chi connectivity index (χ3n) is 5.80. The van der Waals surface area contributed by atoms with Crippen LogP contribution in [0.15, 0.2) is 47.4 Å². The summed E-state index contributed by atoms with van der Waals surface area (Å²) >= 11 is 0. The van der Waals surface area contributed by atoms with Gasteiger partial charge in [0.2, 0.25) is 10.0 Å². The topological polar surface area (TPSA) is 108 Å². The van der Waals surface area contributed by atoms with Crippen LogP contribution in [0.3, 0.4) is 0 Å². The van der Waals surface area contributed by atoms with E-state index in [0.29, 0.717) is 42.4 Å². The standard InChI is InChI=1S/C23H28N4O6S/c1-25(2)34(30,31)19-6-3-17(4-7-19)23(29)24-18-5-8-20-21(15-18)33-16-22(28)27(20)10-9-26-11-13-32-14-12-26/h3-8,15H,9-14,16H2,1-2H3,(H,24,29). The summed E-state index contributed by atoms with van der Waals surface area (Å²) in [5, 5.41) is 2.79. The van der Waals surface area contributed by atoms with Crippen molar-refractivity contribution < 1.29 is 27.5 Å². The lowest BCUT2D eigenvalue weighted by atomic mass is 10.1. The molecule has 0 aromatic heterocycles. The summed E-state index contributed by atoms with van der Waals surface area (Å²) in [6, 6.07) is 10.9. The van der Waals surface area contributed by atoms with E-state index in [4.69, 9.17) is 9.47 Å². The summed E-state index contributed by atoms with van der Waals surface area (Å²) in [5.41, 5.74) is 1.50. The number of nitrogens with zero attached hydrogens (tertiary/aromatic N) is 3. The van der Waals surface area contributed by atoms with Gasteiger partial charge in [-0.2, -0.15) is 0 Å². The molecule has 0 unspecified atom stereocenters. The fourth-order valence-electron chi connectivity index (χ4n) is 3.79. The molecule has 2 aromatic rings. The summed E-state index contributed by atoms with van der Waals surface area (Å²) in [6.45, 7) is 4.32. The van der Waals surface area contributed by atoms with Crippen molar-refractivity contribution in [3.63, 3.8) is 0 Å². The lowest BCUT2D eigenvalue weighted by molar-refractivity contribution is -0.121. The van der Waals surface area contributed by atoms with E-state index in [2.05, 4.69) is 10.2 Å². The van der Waals surface area contributed by atoms with Crippen LogP contribution in [0, 0.1) is 0 Å². The van der Waals surface area contributed by atoms with Gasteiger partial charge in [0.15, 0.2) is 6.61 Å². The summed E-state index contributed by atoms with van der Waals surface area (Å²) < 4.78 is 36.5. The zero-order chi connectivity index (χ0) is 24.3. The van der Waals surface area contributed by atoms with Gasteiger partial charge in [-0.3, -0.25) is 14.5 Å². The Bertz CT molecular complexity index is 1160. The number of fused-ring (bicyclic) bond motifs is 1. The maximum atomic E-state index is 12.7. The van der Waals surface area contributed by atoms with Crippen molar-refractivity contribution in [1.29, 1.82) is 0 Å². The highest BCUT2D eigenvalue weighted by Gasteiger charge is 2.26. The Kier molecular flexibility index (Phi) is 7.17. The maximum absolute atomic E-state index is 12.7. The Labute approximate surface area is 199 Å². The van der Waals surface area contributed by atoms with Crippen LogP contribution in [-0.2, 0) is 19.6 Å². The molecule has 11 heteroatoms. The second-order valence-electron chi connectivity index (χ2n) is 8.24. The Hall–Kier alpha value is -2.99. The first-order valence-corrected chi connectivity index (χ1v) is 12.4. The first-order chi connectivity index (χ1) is 16.3. The van der Waals surface area contributed by atoms with Crippen molar-refractivity contribution in [3.05, 3.63) is 48.0 Å². The van der Waals surface area contributed by atoms with Gasteiger partial charge in [-0.25, -0.2) is 12.7 Å². The minimum atomic E-state index is -3.57. The van der Waals surface area contributed by atoms with E-state index in [1.165, 1.54) is 38.4 Å². The van der Waals surface area contributed by atoms with Crippen LogP contribution in [0.2, 0.25) is 0 Å². The van der Waals surface area contributed by atoms with Crippen LogP contribution in [-0.4, -0.2) is 89.5 Å². The zero-order valence-electron chi connectivity index (χ0n) is 19.2. The largest absolute Gasteiger partial charge is 0.481 e. The molecule has 0 saturated carbocycles. The average Bonchev–Trinajstić information content (AvgIpc) is 2.84. The summed E-state index contributed by atoms with van der Waals surface area (Å²) in [6.07, 6.45) is 0. The minimum Gasteiger partial charge on any atom is -0.481 e. The quantitative estimate of drug-likeness (QED) is 0.625. The number of anilines is 2. The average molecular weight is 489 g/mol. The summed E-state index contributed by atoms with van der Waals surface area (Å²) in [4.78, 5) is 29.2. The smallest absolute Gasteiger partial charge is 0.265 e. The monoisotopic (exact) mass is 488 g/mol. The number of carbonyl (C=O) groups is 2. The number of sulfonamides is 1. The molecule has 2 heterocycles. The zero-order valence-corrected chi connectivity index (χ0v) is 20.0. The number of carbonyl (C=O) groups excluding carboxylic acids is 2. The third kappa shape index (κ3) is 5.22. The molecule has 2 aliphatic heterocycles. The molecule has 182 valence electrons. The van der Waals surface area contributed by atoms with Gasteiger partial charge in [-0.15, -0.1) is 0 Å². The normalized spacial score (nSPS) is 16.8. The van der Waals surface area contributed by atoms with Crippen molar-refractivity contribution in [2.24, 2.45) is 0 Å². The molecule has 0 aliphatic carbocycles. The molecule has 2 aliphatic rings. The predicted molar refractivity (Wildman–Crippen MR) is 127 cm³/mol. The molecular weight excluding hydrogens is 460 g/mol. The van der Waals surface area contributed by atoms with Gasteiger partial charge in [0, 0.05) is 57.6 Å². The van der Waals surface area contributed by atoms with E-state index in [-0.39, 0.29) is 23.3 Å². The van der Waals surface area contributed by atoms with Gasteiger partial charge in [0.05, 0.1) is 23.8 Å². The number of hydrogen-bond donors (Lipinski definition) is 1. The van der Waals surface area contributed by atoms with Crippen LogP contribution in [0.25, 0.3) is 0 Å². The fourth-order valence-corrected chi connectivity index (χ4v) is 4.69. The van der Waals surface area contributed by atoms with Crippen molar-refractivity contribution in [3.8, 4) is 5.75 Å². The lowest BCUT2D eigenvalue weighted by Gasteiger charge is -2.33. The number of ether oxygens (including phenoxy) is 2. The summed E-state index contributed by atoms with van der Waals surface area (Å²) in [5.74, 6) is 0.0296. The number of rotatable bonds is 7. The molecule has 0 radical (unpaired) electrons. The van der Waals surface area contributed by atoms with Crippen molar-refractivity contribution in [1.82, 2.24) is 9.21 Å². The van der Waals surface area contributed by atoms with Crippen molar-refractivity contribution in [2.45, 2.75) is 4.90 Å². The Morgan fingerprint density at radius 2 is 1.76 bits per heavy atom. The van der Waals surface area contributed by atoms with Gasteiger partial charge in [-0.05, 0) is 36.4 Å². The first kappa shape index (κ1) is 24.1. The third-order valence-corrected chi connectivity index (χ3v) is 7.63. The van der Waals surface area contributed by atoms with Crippen molar-refractivity contribution >= 4 is 33.2 Å². The maximum Gasteiger partial charge on any atom is 0.265 e. The van der Waals surface area contributed by atoms with Crippen LogP contribution >= 0.6 is 0 Å². The number of amides is 2. The highest BCUT2D eigenvalue weighted by atomic mass is 32.2. The lowest BCUT2D eigenvalue weighted by Crippen LogP contribution is -2.45. The number of nitrogens with one attached hydrogen (secondary N) is 1. The SMILES string of the molecule is CN(C)S(=O)(=O)c1ccc(C(=O)Nc2ccc3c(c2)OCC(=O)N3CCN2CCOCC2)cc1. The highest BCUT2D eigenvalue weighted by molar-refractivity contribution is 7.89. The molecule has 0 atom stereocenters. The van der Waals surface area contributed by atoms with Crippen LogP contribution in [0.4, 0.5) is 11.4 Å². The van der Waals surface area contributed by atoms with Gasteiger partial charge in [0.25, 0.3) is 11.8 Å². The predicted octanol–water partition coefficient (Wildman–Crippen LogP) is 1.25. The number of benzene rings is 2. The molecule has 1 saturated heterocycles. The van der Waals surface area contributed by atoms with Crippen LogP contribution in [0.1, 0.15) is 10.4 Å². The van der Waals surface area contributed by atoms with Crippen molar-refractivity contribution in [2.75, 3.05) is 70.3 Å². The molecule has 10 nitrogen and oxygen atoms in total. The number of hydrogen-bond acceptors (Lipinski definition) is 7. The van der Waals surface area contributed by atoms with E-state index in [1.807, 2.05) is 0 Å².